The third-order valence-electron chi connectivity index (χ3n) is 5.56. The van der Waals surface area contributed by atoms with Gasteiger partial charge in [-0.15, -0.1) is 0 Å². The van der Waals surface area contributed by atoms with Crippen molar-refractivity contribution in [3.05, 3.63) is 57.5 Å². The lowest BCUT2D eigenvalue weighted by atomic mass is 10.0. The number of hydrogen-bond acceptors (Lipinski definition) is 7. The lowest BCUT2D eigenvalue weighted by Gasteiger charge is -2.14. The highest BCUT2D eigenvalue weighted by molar-refractivity contribution is 9.11. The highest BCUT2D eigenvalue weighted by atomic mass is 79.9. The summed E-state index contributed by atoms with van der Waals surface area (Å²) < 4.78 is 22.1. The highest BCUT2D eigenvalue weighted by Gasteiger charge is 2.21. The van der Waals surface area contributed by atoms with Crippen molar-refractivity contribution in [1.82, 2.24) is 18.7 Å². The first-order valence-corrected chi connectivity index (χ1v) is 16.1. The fourth-order valence-corrected chi connectivity index (χ4v) is 6.11. The van der Waals surface area contributed by atoms with Gasteiger partial charge in [0.15, 0.2) is 0 Å². The maximum absolute atomic E-state index is 5.84. The van der Waals surface area contributed by atoms with Crippen molar-refractivity contribution in [2.75, 3.05) is 23.9 Å². The second kappa shape index (κ2) is 12.5. The van der Waals surface area contributed by atoms with Crippen molar-refractivity contribution in [2.45, 2.75) is 12.8 Å². The Morgan fingerprint density at radius 3 is 1.38 bits per heavy atom. The van der Waals surface area contributed by atoms with Gasteiger partial charge in [0.25, 0.3) is 0 Å². The molecule has 11 heteroatoms. The molecule has 3 aromatic carbocycles. The van der Waals surface area contributed by atoms with Gasteiger partial charge >= 0.3 is 0 Å². The van der Waals surface area contributed by atoms with Gasteiger partial charge in [0.2, 0.25) is 0 Å². The number of rotatable bonds is 10. The van der Waals surface area contributed by atoms with E-state index in [1.165, 1.54) is 0 Å². The summed E-state index contributed by atoms with van der Waals surface area (Å²) >= 11 is 15.5. The second-order valence-corrected chi connectivity index (χ2v) is 11.7. The summed E-state index contributed by atoms with van der Waals surface area (Å²) in [7, 11) is 0. The summed E-state index contributed by atoms with van der Waals surface area (Å²) in [4.78, 5) is 10.2. The van der Waals surface area contributed by atoms with Gasteiger partial charge in [-0.2, -0.15) is 8.75 Å². The topological polar surface area (TPSA) is 70.0 Å². The number of alkyl halides is 2. The van der Waals surface area contributed by atoms with Gasteiger partial charge in [-0.1, -0.05) is 31.9 Å². The van der Waals surface area contributed by atoms with Crippen molar-refractivity contribution < 1.29 is 9.47 Å². The van der Waals surface area contributed by atoms with E-state index in [0.717, 1.165) is 100 Å². The molecule has 0 radical (unpaired) electrons. The summed E-state index contributed by atoms with van der Waals surface area (Å²) in [6.07, 6.45) is 1.89. The zero-order valence-corrected chi connectivity index (χ0v) is 26.5. The fourth-order valence-electron chi connectivity index (χ4n) is 3.75. The van der Waals surface area contributed by atoms with Crippen LogP contribution in [0.2, 0.25) is 0 Å². The molecule has 0 spiro atoms. The predicted octanol–water partition coefficient (Wildman–Crippen LogP) is 8.82. The number of benzene rings is 3. The molecule has 6 nitrogen and oxygen atoms in total. The molecule has 0 aliphatic heterocycles. The van der Waals surface area contributed by atoms with E-state index in [1.54, 1.807) is 0 Å². The summed E-state index contributed by atoms with van der Waals surface area (Å²) in [6, 6.07) is 16.0. The van der Waals surface area contributed by atoms with Crippen molar-refractivity contribution in [2.24, 2.45) is 0 Å². The minimum Gasteiger partial charge on any atom is -0.494 e. The SMILES string of the molecule is BrCCCOc1ccc(-c2nc3c(Br)c4nsnc4c(Br)c3nc2-c2ccc(OCCCBr)cc2)cc1. The molecule has 0 unspecified atom stereocenters. The van der Waals surface area contributed by atoms with Gasteiger partial charge in [-0.25, -0.2) is 9.97 Å². The van der Waals surface area contributed by atoms with Crippen molar-refractivity contribution >= 4 is 97.5 Å². The van der Waals surface area contributed by atoms with Gasteiger partial charge in [0, 0.05) is 21.8 Å². The molecule has 0 saturated carbocycles. The van der Waals surface area contributed by atoms with E-state index in [1.807, 2.05) is 48.5 Å². The van der Waals surface area contributed by atoms with Crippen LogP contribution in [0.1, 0.15) is 12.8 Å². The summed E-state index contributed by atoms with van der Waals surface area (Å²) in [5.74, 6) is 1.65. The molecule has 37 heavy (non-hydrogen) atoms. The maximum Gasteiger partial charge on any atom is 0.122 e. The lowest BCUT2D eigenvalue weighted by molar-refractivity contribution is 0.319. The van der Waals surface area contributed by atoms with E-state index in [4.69, 9.17) is 19.4 Å². The Morgan fingerprint density at radius 1 is 0.595 bits per heavy atom. The Hall–Kier alpha value is -1.66. The number of hydrogen-bond donors (Lipinski definition) is 0. The molecule has 5 rings (SSSR count). The van der Waals surface area contributed by atoms with Gasteiger partial charge in [-0.05, 0) is 93.2 Å². The predicted molar refractivity (Wildman–Crippen MR) is 165 cm³/mol. The smallest absolute Gasteiger partial charge is 0.122 e. The Labute approximate surface area is 252 Å². The molecular formula is C26H20Br4N4O2S. The number of aromatic nitrogens is 4. The van der Waals surface area contributed by atoms with Crippen molar-refractivity contribution in [1.29, 1.82) is 0 Å². The highest BCUT2D eigenvalue weighted by Crippen LogP contribution is 2.40. The molecule has 0 atom stereocenters. The van der Waals surface area contributed by atoms with Crippen LogP contribution in [0.15, 0.2) is 57.5 Å². The average Bonchev–Trinajstić information content (AvgIpc) is 3.43. The third-order valence-corrected chi connectivity index (χ3v) is 8.72. The van der Waals surface area contributed by atoms with E-state index in [-0.39, 0.29) is 0 Å². The van der Waals surface area contributed by atoms with Crippen LogP contribution in [0.5, 0.6) is 11.5 Å². The normalized spacial score (nSPS) is 11.4. The maximum atomic E-state index is 5.84. The molecule has 2 heterocycles. The Balaban J connectivity index is 1.62. The zero-order valence-electron chi connectivity index (χ0n) is 19.4. The molecule has 0 aliphatic rings. The Bertz CT molecular complexity index is 1420. The molecule has 0 saturated heterocycles. The van der Waals surface area contributed by atoms with Gasteiger partial charge in [-0.3, -0.25) is 0 Å². The van der Waals surface area contributed by atoms with E-state index in [9.17, 15) is 0 Å². The van der Waals surface area contributed by atoms with Gasteiger partial charge in [0.05, 0.1) is 45.3 Å². The largest absolute Gasteiger partial charge is 0.494 e. The second-order valence-electron chi connectivity index (χ2n) is 8.04. The number of halogens is 4. The standard InChI is InChI=1S/C26H20Br4N4O2S/c27-11-1-13-35-17-7-3-15(4-8-17)21-22(16-5-9-18(10-6-16)36-14-2-12-28)32-24-20(30)26-25(33-37-34-26)19(29)23(24)31-21/h3-10H,1-2,11-14H2. The monoisotopic (exact) mass is 768 g/mol. The van der Waals surface area contributed by atoms with Crippen LogP contribution in [-0.2, 0) is 0 Å². The van der Waals surface area contributed by atoms with Crippen LogP contribution >= 0.6 is 75.4 Å². The minimum absolute atomic E-state index is 0.661. The molecule has 0 fully saturated rings. The third kappa shape index (κ3) is 5.85. The average molecular weight is 772 g/mol. The van der Waals surface area contributed by atoms with Gasteiger partial charge < -0.3 is 9.47 Å². The van der Waals surface area contributed by atoms with E-state index < -0.39 is 0 Å². The van der Waals surface area contributed by atoms with E-state index in [2.05, 4.69) is 72.5 Å². The van der Waals surface area contributed by atoms with Crippen LogP contribution in [0.4, 0.5) is 0 Å². The molecule has 0 N–H and O–H groups in total. The molecule has 0 aliphatic carbocycles. The van der Waals surface area contributed by atoms with Crippen LogP contribution in [0.25, 0.3) is 44.6 Å². The van der Waals surface area contributed by atoms with Crippen LogP contribution in [0.3, 0.4) is 0 Å². The van der Waals surface area contributed by atoms with E-state index in [0.29, 0.717) is 13.2 Å². The van der Waals surface area contributed by atoms with Crippen LogP contribution in [0, 0.1) is 0 Å². The number of ether oxygens (including phenoxy) is 2. The zero-order chi connectivity index (χ0) is 25.8. The molecule has 0 amide bonds. The fraction of sp³-hybridized carbons (Fsp3) is 0.231. The minimum atomic E-state index is 0.661. The number of fused-ring (bicyclic) bond motifs is 2. The van der Waals surface area contributed by atoms with Crippen LogP contribution < -0.4 is 9.47 Å². The quantitative estimate of drug-likeness (QED) is 0.105. The van der Waals surface area contributed by atoms with Crippen molar-refractivity contribution in [3.8, 4) is 34.0 Å². The molecular weight excluding hydrogens is 752 g/mol. The first-order chi connectivity index (χ1) is 18.1. The Kier molecular flexibility index (Phi) is 9.07. The van der Waals surface area contributed by atoms with Crippen molar-refractivity contribution in [3.63, 3.8) is 0 Å². The molecule has 0 bridgehead atoms. The first-order valence-electron chi connectivity index (χ1n) is 11.5. The lowest BCUT2D eigenvalue weighted by Crippen LogP contribution is -2.00. The molecule has 2 aromatic heterocycles. The summed E-state index contributed by atoms with van der Waals surface area (Å²) in [5, 5.41) is 1.82. The van der Waals surface area contributed by atoms with Gasteiger partial charge in [0.1, 0.15) is 33.6 Å². The Morgan fingerprint density at radius 2 is 1.00 bits per heavy atom. The molecule has 5 aromatic rings. The van der Waals surface area contributed by atoms with Crippen LogP contribution in [-0.4, -0.2) is 42.6 Å². The summed E-state index contributed by atoms with van der Waals surface area (Å²) in [5.41, 5.74) is 6.38. The molecule has 190 valence electrons. The first kappa shape index (κ1) is 26.9. The summed E-state index contributed by atoms with van der Waals surface area (Å²) in [6.45, 7) is 1.32. The number of nitrogens with zero attached hydrogens (tertiary/aromatic N) is 4. The van der Waals surface area contributed by atoms with E-state index >= 15 is 0 Å².